The second kappa shape index (κ2) is 8.64. The lowest BCUT2D eigenvalue weighted by atomic mass is 10.1. The van der Waals surface area contributed by atoms with E-state index in [0.29, 0.717) is 36.9 Å². The molecule has 2 aromatic heterocycles. The summed E-state index contributed by atoms with van der Waals surface area (Å²) in [4.78, 5) is 18.7. The Bertz CT molecular complexity index is 1090. The normalized spacial score (nSPS) is 16.5. The molecule has 3 heterocycles. The first-order chi connectivity index (χ1) is 15.2. The summed E-state index contributed by atoms with van der Waals surface area (Å²) in [5, 5.41) is 7.56. The molecule has 1 fully saturated rings. The molecule has 32 heavy (non-hydrogen) atoms. The highest BCUT2D eigenvalue weighted by Gasteiger charge is 2.35. The van der Waals surface area contributed by atoms with Crippen LogP contribution in [-0.2, 0) is 23.9 Å². The Labute approximate surface area is 182 Å². The van der Waals surface area contributed by atoms with Gasteiger partial charge < -0.3 is 14.2 Å². The van der Waals surface area contributed by atoms with E-state index in [1.807, 2.05) is 12.1 Å². The van der Waals surface area contributed by atoms with Crippen molar-refractivity contribution in [3.8, 4) is 17.2 Å². The SMILES string of the molecule is COc1ccc(-c2nc(CC3CCN(C(=O)Cn4nc(C(F)(F)F)cc4C)C3)no2)cc1. The molecule has 1 aliphatic rings. The van der Waals surface area contributed by atoms with Gasteiger partial charge in [0.15, 0.2) is 11.5 Å². The molecule has 1 unspecified atom stereocenters. The van der Waals surface area contributed by atoms with E-state index in [1.165, 1.54) is 6.92 Å². The van der Waals surface area contributed by atoms with Gasteiger partial charge in [-0.1, -0.05) is 5.16 Å². The topological polar surface area (TPSA) is 86.3 Å². The fourth-order valence-electron chi connectivity index (χ4n) is 3.71. The number of aryl methyl sites for hydroxylation is 1. The molecule has 1 atom stereocenters. The van der Waals surface area contributed by atoms with Gasteiger partial charge in [0.2, 0.25) is 5.91 Å². The van der Waals surface area contributed by atoms with Crippen LogP contribution in [0, 0.1) is 12.8 Å². The minimum Gasteiger partial charge on any atom is -0.497 e. The lowest BCUT2D eigenvalue weighted by molar-refractivity contribution is -0.142. The van der Waals surface area contributed by atoms with Crippen molar-refractivity contribution in [2.24, 2.45) is 5.92 Å². The number of nitrogens with zero attached hydrogens (tertiary/aromatic N) is 5. The molecule has 1 saturated heterocycles. The zero-order chi connectivity index (χ0) is 22.9. The zero-order valence-corrected chi connectivity index (χ0v) is 17.6. The summed E-state index contributed by atoms with van der Waals surface area (Å²) in [5.74, 6) is 1.56. The van der Waals surface area contributed by atoms with Gasteiger partial charge in [0.25, 0.3) is 5.89 Å². The highest BCUT2D eigenvalue weighted by Crippen LogP contribution is 2.29. The van der Waals surface area contributed by atoms with Crippen molar-refractivity contribution in [2.45, 2.75) is 32.5 Å². The Balaban J connectivity index is 1.33. The third-order valence-corrected chi connectivity index (χ3v) is 5.47. The Morgan fingerprint density at radius 2 is 2.03 bits per heavy atom. The van der Waals surface area contributed by atoms with Crippen LogP contribution in [0.25, 0.3) is 11.5 Å². The number of hydrogen-bond donors (Lipinski definition) is 0. The van der Waals surface area contributed by atoms with Crippen molar-refractivity contribution in [1.82, 2.24) is 24.8 Å². The fraction of sp³-hybridized carbons (Fsp3) is 0.429. The molecule has 1 amide bonds. The predicted molar refractivity (Wildman–Crippen MR) is 107 cm³/mol. The molecule has 0 bridgehead atoms. The molecule has 0 spiro atoms. The molecule has 1 aliphatic heterocycles. The van der Waals surface area contributed by atoms with Gasteiger partial charge in [-0.2, -0.15) is 23.3 Å². The number of halogens is 3. The number of carbonyl (C=O) groups excluding carboxylic acids is 1. The number of hydrogen-bond acceptors (Lipinski definition) is 6. The van der Waals surface area contributed by atoms with Crippen LogP contribution < -0.4 is 4.74 Å². The van der Waals surface area contributed by atoms with Crippen LogP contribution in [0.4, 0.5) is 13.2 Å². The number of methoxy groups -OCH3 is 1. The Kier molecular flexibility index (Phi) is 5.90. The average Bonchev–Trinajstić information content (AvgIpc) is 3.49. The third kappa shape index (κ3) is 4.76. The number of benzene rings is 1. The summed E-state index contributed by atoms with van der Waals surface area (Å²) in [5.41, 5.74) is 0.0757. The van der Waals surface area contributed by atoms with Gasteiger partial charge in [-0.25, -0.2) is 0 Å². The van der Waals surface area contributed by atoms with E-state index >= 15 is 0 Å². The summed E-state index contributed by atoms with van der Waals surface area (Å²) in [6.07, 6.45) is -3.24. The number of rotatable bonds is 6. The van der Waals surface area contributed by atoms with Gasteiger partial charge in [-0.05, 0) is 49.6 Å². The largest absolute Gasteiger partial charge is 0.497 e. The van der Waals surface area contributed by atoms with Crippen molar-refractivity contribution < 1.29 is 27.2 Å². The number of likely N-dealkylation sites (tertiary alicyclic amines) is 1. The Morgan fingerprint density at radius 1 is 1.28 bits per heavy atom. The number of alkyl halides is 3. The summed E-state index contributed by atoms with van der Waals surface area (Å²) < 4.78 is 50.1. The highest BCUT2D eigenvalue weighted by molar-refractivity contribution is 5.76. The van der Waals surface area contributed by atoms with Crippen molar-refractivity contribution in [1.29, 1.82) is 0 Å². The van der Waals surface area contributed by atoms with Crippen molar-refractivity contribution in [2.75, 3.05) is 20.2 Å². The molecule has 1 aromatic carbocycles. The Morgan fingerprint density at radius 3 is 2.69 bits per heavy atom. The van der Waals surface area contributed by atoms with Crippen molar-refractivity contribution in [3.63, 3.8) is 0 Å². The minimum absolute atomic E-state index is 0.143. The molecule has 0 radical (unpaired) electrons. The van der Waals surface area contributed by atoms with E-state index in [2.05, 4.69) is 15.2 Å². The molecule has 3 aromatic rings. The quantitative estimate of drug-likeness (QED) is 0.574. The van der Waals surface area contributed by atoms with Crippen LogP contribution in [0.5, 0.6) is 5.75 Å². The first kappa shape index (κ1) is 21.8. The number of carbonyl (C=O) groups is 1. The van der Waals surface area contributed by atoms with Gasteiger partial charge in [0, 0.05) is 30.8 Å². The Hall–Kier alpha value is -3.37. The van der Waals surface area contributed by atoms with E-state index in [0.717, 1.165) is 28.5 Å². The van der Waals surface area contributed by atoms with Crippen molar-refractivity contribution >= 4 is 5.91 Å². The van der Waals surface area contributed by atoms with Gasteiger partial charge in [0.1, 0.15) is 12.3 Å². The van der Waals surface area contributed by atoms with Crippen molar-refractivity contribution in [3.05, 3.63) is 47.5 Å². The van der Waals surface area contributed by atoms with Crippen LogP contribution in [0.15, 0.2) is 34.9 Å². The third-order valence-electron chi connectivity index (χ3n) is 5.47. The van der Waals surface area contributed by atoms with Gasteiger partial charge in [-0.15, -0.1) is 0 Å². The minimum atomic E-state index is -4.53. The van der Waals surface area contributed by atoms with Gasteiger partial charge in [0.05, 0.1) is 7.11 Å². The van der Waals surface area contributed by atoms with Gasteiger partial charge >= 0.3 is 6.18 Å². The molecule has 0 saturated carbocycles. The van der Waals surface area contributed by atoms with E-state index in [9.17, 15) is 18.0 Å². The fourth-order valence-corrected chi connectivity index (χ4v) is 3.71. The number of ether oxygens (including phenoxy) is 1. The first-order valence-corrected chi connectivity index (χ1v) is 10.1. The molecule has 4 rings (SSSR count). The maximum absolute atomic E-state index is 12.8. The lowest BCUT2D eigenvalue weighted by Crippen LogP contribution is -2.32. The summed E-state index contributed by atoms with van der Waals surface area (Å²) >= 11 is 0. The van der Waals surface area contributed by atoms with E-state index in [1.54, 1.807) is 24.1 Å². The van der Waals surface area contributed by atoms with E-state index < -0.39 is 11.9 Å². The molecule has 0 N–H and O–H groups in total. The second-order valence-electron chi connectivity index (χ2n) is 7.77. The molecule has 170 valence electrons. The summed E-state index contributed by atoms with van der Waals surface area (Å²) in [6, 6.07) is 8.20. The van der Waals surface area contributed by atoms with E-state index in [4.69, 9.17) is 9.26 Å². The summed E-state index contributed by atoms with van der Waals surface area (Å²) in [7, 11) is 1.59. The van der Waals surface area contributed by atoms with Crippen LogP contribution in [0.1, 0.15) is 23.6 Å². The molecular formula is C21H22F3N5O3. The smallest absolute Gasteiger partial charge is 0.435 e. The highest BCUT2D eigenvalue weighted by atomic mass is 19.4. The molecule has 0 aliphatic carbocycles. The first-order valence-electron chi connectivity index (χ1n) is 10.1. The van der Waals surface area contributed by atoms with Crippen LogP contribution in [0.2, 0.25) is 0 Å². The second-order valence-corrected chi connectivity index (χ2v) is 7.77. The van der Waals surface area contributed by atoms with Crippen LogP contribution in [0.3, 0.4) is 0 Å². The molecule has 8 nitrogen and oxygen atoms in total. The van der Waals surface area contributed by atoms with E-state index in [-0.39, 0.29) is 18.4 Å². The average molecular weight is 449 g/mol. The standard InChI is InChI=1S/C21H22F3N5O3/c1-13-9-17(21(22,23)24)26-29(13)12-19(30)28-8-7-14(11-28)10-18-25-20(32-27-18)15-3-5-16(31-2)6-4-15/h3-6,9,14H,7-8,10-12H2,1-2H3. The maximum Gasteiger partial charge on any atom is 0.435 e. The monoisotopic (exact) mass is 449 g/mol. The molecular weight excluding hydrogens is 427 g/mol. The zero-order valence-electron chi connectivity index (χ0n) is 17.6. The number of amides is 1. The van der Waals surface area contributed by atoms with Crippen LogP contribution >= 0.6 is 0 Å². The lowest BCUT2D eigenvalue weighted by Gasteiger charge is -2.16. The van der Waals surface area contributed by atoms with Crippen LogP contribution in [-0.4, -0.2) is 50.9 Å². The maximum atomic E-state index is 12.8. The summed E-state index contributed by atoms with van der Waals surface area (Å²) in [6.45, 7) is 2.29. The van der Waals surface area contributed by atoms with Gasteiger partial charge in [-0.3, -0.25) is 9.48 Å². The number of aromatic nitrogens is 4. The predicted octanol–water partition coefficient (Wildman–Crippen LogP) is 3.36. The molecule has 11 heteroatoms.